The van der Waals surface area contributed by atoms with Crippen molar-refractivity contribution in [1.29, 1.82) is 0 Å². The fourth-order valence-electron chi connectivity index (χ4n) is 5.28. The molecule has 2 atom stereocenters. The minimum atomic E-state index is -0.0888. The predicted octanol–water partition coefficient (Wildman–Crippen LogP) is 4.56. The maximum atomic E-state index is 12.4. The average molecular weight is 473 g/mol. The highest BCUT2D eigenvalue weighted by Crippen LogP contribution is 2.36. The first-order chi connectivity index (χ1) is 16.7. The number of benzene rings is 1. The van der Waals surface area contributed by atoms with Crippen molar-refractivity contribution in [2.75, 3.05) is 33.0 Å². The first-order valence-corrected chi connectivity index (χ1v) is 12.8. The van der Waals surface area contributed by atoms with Crippen LogP contribution in [0.5, 0.6) is 11.6 Å². The van der Waals surface area contributed by atoms with Crippen molar-refractivity contribution in [3.05, 3.63) is 18.2 Å². The number of nitrogens with zero attached hydrogens (tertiary/aromatic N) is 2. The zero-order valence-electron chi connectivity index (χ0n) is 20.1. The van der Waals surface area contributed by atoms with E-state index in [2.05, 4.69) is 10.1 Å². The van der Waals surface area contributed by atoms with Crippen LogP contribution in [0, 0.1) is 11.8 Å². The van der Waals surface area contributed by atoms with Crippen molar-refractivity contribution in [3.8, 4) is 11.6 Å². The molecule has 0 radical (unpaired) electrons. The second-order valence-electron chi connectivity index (χ2n) is 10.0. The van der Waals surface area contributed by atoms with E-state index in [1.165, 1.54) is 12.8 Å². The van der Waals surface area contributed by atoms with Gasteiger partial charge in [0.05, 0.1) is 24.7 Å². The van der Waals surface area contributed by atoms with Gasteiger partial charge in [0.15, 0.2) is 5.58 Å². The van der Waals surface area contributed by atoms with Gasteiger partial charge in [0.2, 0.25) is 0 Å². The van der Waals surface area contributed by atoms with Crippen LogP contribution in [0.2, 0.25) is 0 Å². The molecule has 0 N–H and O–H groups in total. The van der Waals surface area contributed by atoms with E-state index in [9.17, 15) is 4.79 Å². The highest BCUT2D eigenvalue weighted by atomic mass is 16.6. The van der Waals surface area contributed by atoms with Gasteiger partial charge in [-0.2, -0.15) is 0 Å². The Morgan fingerprint density at radius 3 is 2.76 bits per heavy atom. The molecule has 1 aromatic heterocycles. The van der Waals surface area contributed by atoms with E-state index in [1.807, 2.05) is 25.1 Å². The zero-order chi connectivity index (χ0) is 23.3. The Morgan fingerprint density at radius 1 is 1.15 bits per heavy atom. The summed E-state index contributed by atoms with van der Waals surface area (Å²) in [4.78, 5) is 14.6. The Kier molecular flexibility index (Phi) is 7.54. The molecule has 2 saturated heterocycles. The number of hydrogen-bond acceptors (Lipinski definition) is 8. The smallest absolute Gasteiger partial charge is 0.310 e. The number of likely N-dealkylation sites (tertiary alicyclic amines) is 1. The second kappa shape index (κ2) is 11.0. The first-order valence-electron chi connectivity index (χ1n) is 12.8. The monoisotopic (exact) mass is 472 g/mol. The number of esters is 1. The fraction of sp³-hybridized carbons (Fsp3) is 0.692. The topological polar surface area (TPSA) is 83.3 Å². The van der Waals surface area contributed by atoms with Crippen LogP contribution in [-0.4, -0.2) is 61.3 Å². The lowest BCUT2D eigenvalue weighted by Crippen LogP contribution is -2.39. The maximum Gasteiger partial charge on any atom is 0.310 e. The molecule has 1 aromatic carbocycles. The molecule has 1 saturated carbocycles. The SMILES string of the molecule is CC1CC(C(=O)OCN2CCC(COc3noc4cccc(OC5CCCC5)c34)CC2)CCO1. The highest BCUT2D eigenvalue weighted by molar-refractivity contribution is 5.88. The predicted molar refractivity (Wildman–Crippen MR) is 126 cm³/mol. The second-order valence-corrected chi connectivity index (χ2v) is 10.0. The summed E-state index contributed by atoms with van der Waals surface area (Å²) < 4.78 is 29.0. The third-order valence-electron chi connectivity index (χ3n) is 7.40. The number of carbonyl (C=O) groups is 1. The zero-order valence-corrected chi connectivity index (χ0v) is 20.1. The number of rotatable bonds is 8. The van der Waals surface area contributed by atoms with E-state index in [0.717, 1.165) is 62.8 Å². The molecule has 0 amide bonds. The lowest BCUT2D eigenvalue weighted by atomic mass is 9.96. The van der Waals surface area contributed by atoms with E-state index in [-0.39, 0.29) is 24.1 Å². The van der Waals surface area contributed by atoms with Crippen LogP contribution in [-0.2, 0) is 14.3 Å². The Bertz CT molecular complexity index is 948. The summed E-state index contributed by atoms with van der Waals surface area (Å²) in [6.45, 7) is 5.39. The fourth-order valence-corrected chi connectivity index (χ4v) is 5.28. The normalized spacial score (nSPS) is 25.0. The number of piperidine rings is 1. The molecule has 2 unspecified atom stereocenters. The van der Waals surface area contributed by atoms with E-state index in [1.54, 1.807) is 0 Å². The third kappa shape index (κ3) is 5.66. The third-order valence-corrected chi connectivity index (χ3v) is 7.40. The van der Waals surface area contributed by atoms with Crippen LogP contribution < -0.4 is 9.47 Å². The molecule has 5 rings (SSSR count). The van der Waals surface area contributed by atoms with Gasteiger partial charge in [0, 0.05) is 19.7 Å². The highest BCUT2D eigenvalue weighted by Gasteiger charge is 2.28. The van der Waals surface area contributed by atoms with Gasteiger partial charge in [-0.1, -0.05) is 6.07 Å². The quantitative estimate of drug-likeness (QED) is 0.517. The van der Waals surface area contributed by atoms with Crippen molar-refractivity contribution in [2.24, 2.45) is 11.8 Å². The largest absolute Gasteiger partial charge is 0.489 e. The summed E-state index contributed by atoms with van der Waals surface area (Å²) >= 11 is 0. The molecule has 8 heteroatoms. The number of fused-ring (bicyclic) bond motifs is 1. The summed E-state index contributed by atoms with van der Waals surface area (Å²) in [6.07, 6.45) is 8.53. The Hall–Kier alpha value is -2.32. The molecular formula is C26H36N2O6. The molecule has 2 aliphatic heterocycles. The number of hydrogen-bond donors (Lipinski definition) is 0. The molecule has 34 heavy (non-hydrogen) atoms. The van der Waals surface area contributed by atoms with Crippen molar-refractivity contribution in [1.82, 2.24) is 10.1 Å². The van der Waals surface area contributed by atoms with Gasteiger partial charge in [-0.05, 0) is 81.5 Å². The Labute approximate surface area is 200 Å². The molecule has 186 valence electrons. The molecule has 1 aliphatic carbocycles. The van der Waals surface area contributed by atoms with Crippen LogP contribution in [0.3, 0.4) is 0 Å². The van der Waals surface area contributed by atoms with Crippen molar-refractivity contribution < 1.29 is 28.3 Å². The Morgan fingerprint density at radius 2 is 1.97 bits per heavy atom. The minimum Gasteiger partial charge on any atom is -0.489 e. The van der Waals surface area contributed by atoms with Gasteiger partial charge >= 0.3 is 5.97 Å². The summed E-state index contributed by atoms with van der Waals surface area (Å²) in [7, 11) is 0. The molecule has 0 bridgehead atoms. The number of aromatic nitrogens is 1. The van der Waals surface area contributed by atoms with Crippen LogP contribution in [0.4, 0.5) is 0 Å². The molecule has 3 heterocycles. The van der Waals surface area contributed by atoms with E-state index < -0.39 is 0 Å². The van der Waals surface area contributed by atoms with Crippen molar-refractivity contribution >= 4 is 16.9 Å². The lowest BCUT2D eigenvalue weighted by molar-refractivity contribution is -0.159. The van der Waals surface area contributed by atoms with Gasteiger partial charge in [-0.3, -0.25) is 9.69 Å². The number of carbonyl (C=O) groups excluding carboxylic acids is 1. The van der Waals surface area contributed by atoms with Crippen LogP contribution in [0.1, 0.15) is 58.3 Å². The summed E-state index contributed by atoms with van der Waals surface area (Å²) in [5, 5.41) is 5.01. The minimum absolute atomic E-state index is 0.0329. The molecule has 0 spiro atoms. The van der Waals surface area contributed by atoms with Gasteiger partial charge in [-0.25, -0.2) is 0 Å². The summed E-state index contributed by atoms with van der Waals surface area (Å²) in [6, 6.07) is 5.82. The lowest BCUT2D eigenvalue weighted by Gasteiger charge is -2.32. The van der Waals surface area contributed by atoms with Gasteiger partial charge < -0.3 is 23.5 Å². The van der Waals surface area contributed by atoms with E-state index >= 15 is 0 Å². The molecule has 2 aromatic rings. The first kappa shape index (κ1) is 23.4. The molecule has 3 fully saturated rings. The summed E-state index contributed by atoms with van der Waals surface area (Å²) in [5.41, 5.74) is 0.695. The number of ether oxygens (including phenoxy) is 4. The van der Waals surface area contributed by atoms with Crippen LogP contribution in [0.15, 0.2) is 22.7 Å². The summed E-state index contributed by atoms with van der Waals surface area (Å²) in [5.74, 6) is 1.63. The van der Waals surface area contributed by atoms with Gasteiger partial charge in [0.25, 0.3) is 5.88 Å². The maximum absolute atomic E-state index is 12.4. The van der Waals surface area contributed by atoms with E-state index in [0.29, 0.717) is 37.3 Å². The van der Waals surface area contributed by atoms with Crippen LogP contribution in [0.25, 0.3) is 11.0 Å². The van der Waals surface area contributed by atoms with Gasteiger partial charge in [0.1, 0.15) is 17.9 Å². The van der Waals surface area contributed by atoms with Gasteiger partial charge in [-0.15, -0.1) is 0 Å². The van der Waals surface area contributed by atoms with Crippen molar-refractivity contribution in [2.45, 2.75) is 70.5 Å². The standard InChI is InChI=1S/C26H36N2O6/c1-18-15-20(11-14-30-18)26(29)32-17-28-12-9-19(10-13-28)16-31-25-24-22(33-21-5-2-3-6-21)7-4-8-23(24)34-27-25/h4,7-8,18-21H,2-3,5-6,9-17H2,1H3. The van der Waals surface area contributed by atoms with Crippen LogP contribution >= 0.6 is 0 Å². The van der Waals surface area contributed by atoms with Crippen molar-refractivity contribution in [3.63, 3.8) is 0 Å². The molecule has 8 nitrogen and oxygen atoms in total. The Balaban J connectivity index is 1.08. The molecule has 3 aliphatic rings. The van der Waals surface area contributed by atoms with E-state index in [4.69, 9.17) is 23.5 Å². The average Bonchev–Trinajstić information content (AvgIpc) is 3.52. The molecular weight excluding hydrogens is 436 g/mol.